The number of alkyl halides is 1. The van der Waals surface area contributed by atoms with Gasteiger partial charge in [0, 0.05) is 23.5 Å². The molecule has 0 spiro atoms. The van der Waals surface area contributed by atoms with Crippen LogP contribution >= 0.6 is 15.9 Å². The van der Waals surface area contributed by atoms with Crippen LogP contribution in [-0.4, -0.2) is 39.6 Å². The number of hydrogen-bond donors (Lipinski definition) is 1. The van der Waals surface area contributed by atoms with E-state index in [-0.39, 0.29) is 10.9 Å². The van der Waals surface area contributed by atoms with Crippen LogP contribution in [0, 0.1) is 0 Å². The molecule has 0 aliphatic rings. The summed E-state index contributed by atoms with van der Waals surface area (Å²) in [6.45, 7) is 11.6. The van der Waals surface area contributed by atoms with E-state index in [4.69, 9.17) is 0 Å². The lowest BCUT2D eigenvalue weighted by atomic mass is 10.1. The van der Waals surface area contributed by atoms with Crippen molar-refractivity contribution in [3.8, 4) is 0 Å². The zero-order chi connectivity index (χ0) is 12.0. The number of halogens is 1. The number of rotatable bonds is 7. The van der Waals surface area contributed by atoms with Gasteiger partial charge in [0.1, 0.15) is 0 Å². The fourth-order valence-electron chi connectivity index (χ4n) is 1.82. The van der Waals surface area contributed by atoms with Gasteiger partial charge in [-0.1, -0.05) is 29.3 Å². The van der Waals surface area contributed by atoms with Crippen LogP contribution in [0.3, 0.4) is 0 Å². The van der Waals surface area contributed by atoms with E-state index in [1.807, 2.05) is 0 Å². The molecule has 0 aromatic rings. The van der Waals surface area contributed by atoms with E-state index in [1.165, 1.54) is 0 Å². The van der Waals surface area contributed by atoms with Crippen LogP contribution in [0.4, 0.5) is 0 Å². The van der Waals surface area contributed by atoms with Crippen molar-refractivity contribution < 1.29 is 5.11 Å². The van der Waals surface area contributed by atoms with Crippen LogP contribution in [0.1, 0.15) is 47.5 Å². The quantitative estimate of drug-likeness (QED) is 0.725. The number of nitrogens with zero attached hydrogens (tertiary/aromatic N) is 1. The molecule has 0 aliphatic carbocycles. The molecule has 2 nitrogen and oxygen atoms in total. The molecule has 3 heteroatoms. The van der Waals surface area contributed by atoms with Gasteiger partial charge in [-0.25, -0.2) is 0 Å². The third-order valence-electron chi connectivity index (χ3n) is 2.71. The van der Waals surface area contributed by atoms with Gasteiger partial charge in [-0.3, -0.25) is 4.90 Å². The van der Waals surface area contributed by atoms with Crippen molar-refractivity contribution in [2.24, 2.45) is 0 Å². The Labute approximate surface area is 103 Å². The lowest BCUT2D eigenvalue weighted by molar-refractivity contribution is 0.0740. The fraction of sp³-hybridized carbons (Fsp3) is 1.00. The van der Waals surface area contributed by atoms with Crippen molar-refractivity contribution in [1.82, 2.24) is 4.90 Å². The first-order valence-corrected chi connectivity index (χ1v) is 6.89. The summed E-state index contributed by atoms with van der Waals surface area (Å²) in [5.41, 5.74) is 0. The second-order valence-electron chi connectivity index (χ2n) is 4.76. The molecule has 0 aromatic carbocycles. The van der Waals surface area contributed by atoms with Gasteiger partial charge >= 0.3 is 0 Å². The van der Waals surface area contributed by atoms with Crippen molar-refractivity contribution in [3.05, 3.63) is 0 Å². The Hall–Kier alpha value is 0.400. The lowest BCUT2D eigenvalue weighted by Gasteiger charge is -2.33. The van der Waals surface area contributed by atoms with Gasteiger partial charge in [0.2, 0.25) is 0 Å². The summed E-state index contributed by atoms with van der Waals surface area (Å²) in [6.07, 6.45) is 1.87. The first-order valence-electron chi connectivity index (χ1n) is 5.98. The lowest BCUT2D eigenvalue weighted by Crippen LogP contribution is -2.44. The molecule has 0 bridgehead atoms. The molecular weight excluding hydrogens is 254 g/mol. The van der Waals surface area contributed by atoms with E-state index < -0.39 is 0 Å². The van der Waals surface area contributed by atoms with Crippen molar-refractivity contribution in [1.29, 1.82) is 0 Å². The summed E-state index contributed by atoms with van der Waals surface area (Å²) in [6, 6.07) is 0.974. The predicted molar refractivity (Wildman–Crippen MR) is 70.6 cm³/mol. The average Bonchev–Trinajstić information content (AvgIpc) is 2.12. The van der Waals surface area contributed by atoms with E-state index in [0.29, 0.717) is 12.1 Å². The van der Waals surface area contributed by atoms with Crippen molar-refractivity contribution in [2.75, 3.05) is 6.54 Å². The van der Waals surface area contributed by atoms with Gasteiger partial charge in [0.25, 0.3) is 0 Å². The predicted octanol–water partition coefficient (Wildman–Crippen LogP) is 3.03. The van der Waals surface area contributed by atoms with Gasteiger partial charge in [-0.15, -0.1) is 0 Å². The molecule has 0 aromatic heterocycles. The summed E-state index contributed by atoms with van der Waals surface area (Å²) < 4.78 is 0. The Morgan fingerprint density at radius 2 is 1.60 bits per heavy atom. The maximum absolute atomic E-state index is 10.0. The first kappa shape index (κ1) is 15.4. The Morgan fingerprint density at radius 3 is 1.93 bits per heavy atom. The minimum Gasteiger partial charge on any atom is -0.391 e. The largest absolute Gasteiger partial charge is 0.391 e. The minimum atomic E-state index is -0.269. The van der Waals surface area contributed by atoms with E-state index in [2.05, 4.69) is 55.4 Å². The van der Waals surface area contributed by atoms with E-state index in [1.54, 1.807) is 0 Å². The van der Waals surface area contributed by atoms with Crippen molar-refractivity contribution in [2.45, 2.75) is 70.5 Å². The summed E-state index contributed by atoms with van der Waals surface area (Å²) in [4.78, 5) is 2.55. The molecule has 1 N–H and O–H groups in total. The second-order valence-corrected chi connectivity index (χ2v) is 5.93. The van der Waals surface area contributed by atoms with Gasteiger partial charge in [-0.2, -0.15) is 0 Å². The highest BCUT2D eigenvalue weighted by Crippen LogP contribution is 2.16. The van der Waals surface area contributed by atoms with Crippen molar-refractivity contribution in [3.63, 3.8) is 0 Å². The highest BCUT2D eigenvalue weighted by Gasteiger charge is 2.21. The highest BCUT2D eigenvalue weighted by atomic mass is 79.9. The molecule has 0 saturated heterocycles. The van der Waals surface area contributed by atoms with Crippen LogP contribution in [0.5, 0.6) is 0 Å². The second kappa shape index (κ2) is 7.64. The first-order chi connectivity index (χ1) is 6.90. The molecule has 0 saturated carbocycles. The monoisotopic (exact) mass is 279 g/mol. The van der Waals surface area contributed by atoms with Crippen LogP contribution in [-0.2, 0) is 0 Å². The molecule has 0 amide bonds. The van der Waals surface area contributed by atoms with E-state index in [9.17, 15) is 5.11 Å². The molecule has 0 rings (SSSR count). The van der Waals surface area contributed by atoms with Gasteiger partial charge in [-0.05, 0) is 34.1 Å². The van der Waals surface area contributed by atoms with Gasteiger partial charge in [0.05, 0.1) is 6.10 Å². The molecule has 0 radical (unpaired) electrons. The molecule has 92 valence electrons. The summed E-state index contributed by atoms with van der Waals surface area (Å²) in [5, 5.41) is 10.0. The summed E-state index contributed by atoms with van der Waals surface area (Å²) in [5.74, 6) is 0. The van der Waals surface area contributed by atoms with E-state index >= 15 is 0 Å². The zero-order valence-corrected chi connectivity index (χ0v) is 12.3. The van der Waals surface area contributed by atoms with Crippen LogP contribution < -0.4 is 0 Å². The highest BCUT2D eigenvalue weighted by molar-refractivity contribution is 9.09. The third-order valence-corrected chi connectivity index (χ3v) is 3.77. The number of hydrogen-bond acceptors (Lipinski definition) is 2. The van der Waals surface area contributed by atoms with Gasteiger partial charge in [0.15, 0.2) is 0 Å². The zero-order valence-electron chi connectivity index (χ0n) is 10.7. The van der Waals surface area contributed by atoms with E-state index in [0.717, 1.165) is 19.4 Å². The van der Waals surface area contributed by atoms with Crippen molar-refractivity contribution >= 4 is 15.9 Å². The summed E-state index contributed by atoms with van der Waals surface area (Å²) >= 11 is 3.55. The Kier molecular flexibility index (Phi) is 7.84. The average molecular weight is 280 g/mol. The number of aliphatic hydroxyl groups is 1. The maximum atomic E-state index is 10.0. The number of aliphatic hydroxyl groups excluding tert-OH is 1. The SMILES string of the molecule is CCC[C@H](Br)[C@H](O)CN(C(C)C)C(C)C. The third kappa shape index (κ3) is 5.88. The fourth-order valence-corrected chi connectivity index (χ4v) is 2.44. The Morgan fingerprint density at radius 1 is 1.13 bits per heavy atom. The molecule has 0 unspecified atom stereocenters. The molecule has 0 heterocycles. The van der Waals surface area contributed by atoms with Crippen LogP contribution in [0.2, 0.25) is 0 Å². The molecule has 2 atom stereocenters. The molecule has 0 aliphatic heterocycles. The normalized spacial score (nSPS) is 16.4. The maximum Gasteiger partial charge on any atom is 0.0792 e. The Balaban J connectivity index is 4.16. The molecular formula is C12H26BrNO. The minimum absolute atomic E-state index is 0.225. The van der Waals surface area contributed by atoms with Gasteiger partial charge < -0.3 is 5.11 Å². The molecule has 15 heavy (non-hydrogen) atoms. The summed E-state index contributed by atoms with van der Waals surface area (Å²) in [7, 11) is 0. The Bertz CT molecular complexity index is 154. The smallest absolute Gasteiger partial charge is 0.0792 e. The van der Waals surface area contributed by atoms with Crippen LogP contribution in [0.15, 0.2) is 0 Å². The molecule has 0 fully saturated rings. The standard InChI is InChI=1S/C12H26BrNO/c1-6-7-11(13)12(15)8-14(9(2)3)10(4)5/h9-12,15H,6-8H2,1-5H3/t11-,12+/m0/s1. The van der Waals surface area contributed by atoms with Crippen LogP contribution in [0.25, 0.3) is 0 Å². The topological polar surface area (TPSA) is 23.5 Å².